The molecule has 1 aromatic rings. The molecule has 30 N–H and O–H groups in total. The molecule has 11 amide bonds. The van der Waals surface area contributed by atoms with E-state index >= 15 is 0 Å². The number of primary amides is 1. The van der Waals surface area contributed by atoms with E-state index in [9.17, 15) is 77.6 Å². The number of hydrogen-bond donors (Lipinski definition) is 21. The van der Waals surface area contributed by atoms with Gasteiger partial charge in [-0.25, -0.2) is 0 Å². The van der Waals surface area contributed by atoms with Crippen LogP contribution in [0.1, 0.15) is 109 Å². The van der Waals surface area contributed by atoms with Crippen LogP contribution in [0.4, 0.5) is 0 Å². The van der Waals surface area contributed by atoms with Gasteiger partial charge in [-0.05, 0) is 89.5 Å². The molecule has 0 aliphatic carbocycles. The fourth-order valence-corrected chi connectivity index (χ4v) is 9.51. The smallest absolute Gasteiger partial charge is 0.303 e. The minimum atomic E-state index is -1.92. The van der Waals surface area contributed by atoms with E-state index in [1.54, 1.807) is 30.3 Å². The average molecular weight is 1340 g/mol. The molecule has 0 unspecified atom stereocenters. The number of aliphatic hydroxyl groups is 1. The normalized spacial score (nSPS) is 15.2. The predicted molar refractivity (Wildman–Crippen MR) is 343 cm³/mol. The van der Waals surface area contributed by atoms with Crippen molar-refractivity contribution in [2.45, 2.75) is 171 Å². The van der Waals surface area contributed by atoms with Crippen molar-refractivity contribution in [2.75, 3.05) is 39.3 Å². The van der Waals surface area contributed by atoms with Crippen LogP contribution >= 0.6 is 0 Å². The van der Waals surface area contributed by atoms with Crippen molar-refractivity contribution >= 4 is 101 Å². The van der Waals surface area contributed by atoms with Crippen molar-refractivity contribution in [1.82, 2.24) is 52.8 Å². The number of nitrogens with one attached hydrogen (secondary N) is 9. The minimum Gasteiger partial charge on any atom is -0.481 e. The van der Waals surface area contributed by atoms with Crippen molar-refractivity contribution in [3.05, 3.63) is 35.9 Å². The SMILES string of the molecule is CC(=O)N[C@@H](CCCN=C(N)N)C(=O)N[C@@H](CCCN=C(N)N)C(=O)N1CCC[C@H]1C(=O)N[C@@H](CCC(=O)O)C(=O)N[C@H](C(=O)NCC(=O)N[C@@H](CCC(=O)O)C(=O)N[C@@H](Cc1ccccc1)C(=O)N[C@@H](CCCN=C(N)N)C(=O)N[C@@H](CCCN=C(N)N)C(N)=O)[C@@H](C)O. The summed E-state index contributed by atoms with van der Waals surface area (Å²) < 4.78 is 0. The van der Waals surface area contributed by atoms with Gasteiger partial charge in [-0.2, -0.15) is 0 Å². The van der Waals surface area contributed by atoms with Gasteiger partial charge in [-0.3, -0.25) is 82.3 Å². The summed E-state index contributed by atoms with van der Waals surface area (Å²) in [5.74, 6) is -14.1. The molecule has 39 heteroatoms. The Balaban J connectivity index is 2.38. The van der Waals surface area contributed by atoms with Crippen molar-refractivity contribution in [3.8, 4) is 0 Å². The van der Waals surface area contributed by atoms with E-state index in [-0.39, 0.29) is 127 Å². The highest BCUT2D eigenvalue weighted by molar-refractivity contribution is 5.99. The van der Waals surface area contributed by atoms with Crippen molar-refractivity contribution in [3.63, 3.8) is 0 Å². The summed E-state index contributed by atoms with van der Waals surface area (Å²) in [5.41, 5.74) is 49.5. The van der Waals surface area contributed by atoms with Crippen molar-refractivity contribution < 1.29 is 77.6 Å². The number of carbonyl (C=O) groups excluding carboxylic acids is 11. The number of nitrogens with two attached hydrogens (primary N) is 9. The molecule has 1 aromatic carbocycles. The number of carboxylic acids is 2. The third kappa shape index (κ3) is 32.5. The molecule has 528 valence electrons. The van der Waals surface area contributed by atoms with Crippen molar-refractivity contribution in [2.24, 2.45) is 71.6 Å². The molecular formula is C56H93N23O16. The molecule has 2 rings (SSSR count). The number of carbonyl (C=O) groups is 13. The largest absolute Gasteiger partial charge is 0.481 e. The Hall–Kier alpha value is -10.6. The fraction of sp³-hybridized carbons (Fsp3) is 0.589. The van der Waals surface area contributed by atoms with Crippen LogP contribution in [0.3, 0.4) is 0 Å². The molecule has 10 atom stereocenters. The van der Waals surface area contributed by atoms with Crippen LogP contribution in [0.25, 0.3) is 0 Å². The highest BCUT2D eigenvalue weighted by Gasteiger charge is 2.41. The molecule has 1 saturated heterocycles. The van der Waals surface area contributed by atoms with E-state index in [0.29, 0.717) is 5.56 Å². The molecule has 1 heterocycles. The van der Waals surface area contributed by atoms with E-state index in [1.807, 2.05) is 0 Å². The Labute approximate surface area is 547 Å². The molecule has 39 nitrogen and oxygen atoms in total. The Morgan fingerprint density at radius 1 is 0.505 bits per heavy atom. The van der Waals surface area contributed by atoms with E-state index < -0.39 is 170 Å². The molecule has 1 fully saturated rings. The lowest BCUT2D eigenvalue weighted by atomic mass is 10.0. The van der Waals surface area contributed by atoms with Gasteiger partial charge >= 0.3 is 11.9 Å². The van der Waals surface area contributed by atoms with Crippen LogP contribution in [-0.4, -0.2) is 221 Å². The lowest BCUT2D eigenvalue weighted by Crippen LogP contribution is -2.60. The summed E-state index contributed by atoms with van der Waals surface area (Å²) in [4.78, 5) is 191. The molecule has 0 aromatic heterocycles. The van der Waals surface area contributed by atoms with Crippen LogP contribution < -0.4 is 99.5 Å². The van der Waals surface area contributed by atoms with Gasteiger partial charge in [0.15, 0.2) is 23.8 Å². The lowest BCUT2D eigenvalue weighted by molar-refractivity contribution is -0.143. The first-order chi connectivity index (χ1) is 44.8. The molecular weight excluding hydrogens is 1250 g/mol. The highest BCUT2D eigenvalue weighted by atomic mass is 16.4. The van der Waals surface area contributed by atoms with E-state index in [2.05, 4.69) is 67.8 Å². The average Bonchev–Trinajstić information content (AvgIpc) is 1.78. The standard InChI is InChI=1S/C56H93N23O16/c1-29(80)43(78-48(91)36(19-21-42(85)86)75-50(93)39-17-10-26-79(39)52(95)37(16-9-25-69-56(64)65)76-45(88)33(71-30(2)81)14-7-23-67-54(60)61)51(94)70-28-40(82)72-35(18-20-41(83)84)47(90)77-38(27-31-11-4-3-5-12-31)49(92)74-34(15-8-24-68-55(62)63)46(89)73-32(44(57)87)13-6-22-66-53(58)59/h3-5,11-12,29,32-39,43,80H,6-10,13-28H2,1-2H3,(H2,57,87)(H,70,94)(H,71,81)(H,72,82)(H,73,89)(H,74,92)(H,75,93)(H,76,88)(H,77,90)(H,78,91)(H,83,84)(H,85,86)(H4,58,59,66)(H4,60,61,67)(H4,62,63,68)(H4,64,65,69)/t29-,32+,33+,34+,35+,36+,37+,38+,39+,43+/m1/s1. The van der Waals surface area contributed by atoms with Crippen LogP contribution in [0.15, 0.2) is 50.3 Å². The summed E-state index contributed by atoms with van der Waals surface area (Å²) in [6.45, 7) is 1.47. The van der Waals surface area contributed by atoms with Gasteiger partial charge < -0.3 is 120 Å². The van der Waals surface area contributed by atoms with E-state index in [4.69, 9.17) is 51.6 Å². The Kier molecular flexibility index (Phi) is 36.0. The second-order valence-electron chi connectivity index (χ2n) is 22.1. The second-order valence-corrected chi connectivity index (χ2v) is 22.1. The van der Waals surface area contributed by atoms with Gasteiger partial charge in [-0.1, -0.05) is 30.3 Å². The first kappa shape index (κ1) is 80.5. The number of likely N-dealkylation sites (tertiary alicyclic amines) is 1. The van der Waals surface area contributed by atoms with E-state index in [0.717, 1.165) is 11.8 Å². The fourth-order valence-electron chi connectivity index (χ4n) is 9.51. The Bertz CT molecular complexity index is 2920. The Morgan fingerprint density at radius 2 is 0.905 bits per heavy atom. The summed E-state index contributed by atoms with van der Waals surface area (Å²) >= 11 is 0. The highest BCUT2D eigenvalue weighted by Crippen LogP contribution is 2.21. The molecule has 95 heavy (non-hydrogen) atoms. The van der Waals surface area contributed by atoms with Crippen LogP contribution in [-0.2, 0) is 68.7 Å². The maximum atomic E-state index is 14.4. The van der Waals surface area contributed by atoms with Gasteiger partial charge in [0.05, 0.1) is 12.6 Å². The maximum Gasteiger partial charge on any atom is 0.303 e. The zero-order valence-corrected chi connectivity index (χ0v) is 53.1. The number of nitrogens with zero attached hydrogens (tertiary/aromatic N) is 5. The quantitative estimate of drug-likeness (QED) is 0.0164. The van der Waals surface area contributed by atoms with Crippen LogP contribution in [0.5, 0.6) is 0 Å². The number of carboxylic acid groups (broad SMARTS) is 2. The Morgan fingerprint density at radius 3 is 1.36 bits per heavy atom. The maximum absolute atomic E-state index is 14.4. The molecule has 0 bridgehead atoms. The zero-order valence-electron chi connectivity index (χ0n) is 53.1. The van der Waals surface area contributed by atoms with Crippen LogP contribution in [0, 0.1) is 0 Å². The summed E-state index contributed by atoms with van der Waals surface area (Å²) in [7, 11) is 0. The first-order valence-electron chi connectivity index (χ1n) is 30.4. The van der Waals surface area contributed by atoms with Gasteiger partial charge in [-0.15, -0.1) is 0 Å². The molecule has 1 aliphatic rings. The number of aliphatic imine (C=N–C) groups is 4. The first-order valence-corrected chi connectivity index (χ1v) is 30.4. The van der Waals surface area contributed by atoms with Gasteiger partial charge in [0.25, 0.3) is 0 Å². The second kappa shape index (κ2) is 42.5. The number of aliphatic carboxylic acids is 2. The molecule has 0 radical (unpaired) electrons. The third-order valence-corrected chi connectivity index (χ3v) is 14.2. The number of guanidine groups is 4. The summed E-state index contributed by atoms with van der Waals surface area (Å²) in [5, 5.41) is 51.9. The summed E-state index contributed by atoms with van der Waals surface area (Å²) in [6, 6.07) is -5.21. The lowest BCUT2D eigenvalue weighted by Gasteiger charge is -2.31. The van der Waals surface area contributed by atoms with Gasteiger partial charge in [0, 0.05) is 58.9 Å². The number of aliphatic hydroxyl groups excluding tert-OH is 1. The summed E-state index contributed by atoms with van der Waals surface area (Å²) in [6.07, 6.45) is -3.78. The molecule has 1 aliphatic heterocycles. The van der Waals surface area contributed by atoms with Gasteiger partial charge in [0.1, 0.15) is 54.4 Å². The third-order valence-electron chi connectivity index (χ3n) is 14.2. The monoisotopic (exact) mass is 1340 g/mol. The van der Waals surface area contributed by atoms with Gasteiger partial charge in [0.2, 0.25) is 65.0 Å². The predicted octanol–water partition coefficient (Wildman–Crippen LogP) is -8.96. The zero-order chi connectivity index (χ0) is 71.3. The number of amides is 11. The minimum absolute atomic E-state index is 0.00138. The van der Waals surface area contributed by atoms with Crippen LogP contribution in [0.2, 0.25) is 0 Å². The van der Waals surface area contributed by atoms with Crippen molar-refractivity contribution in [1.29, 1.82) is 0 Å². The number of rotatable bonds is 44. The van der Waals surface area contributed by atoms with E-state index in [1.165, 1.54) is 6.92 Å². The molecule has 0 spiro atoms. The number of benzene rings is 1. The molecule has 0 saturated carbocycles. The number of hydrogen-bond acceptors (Lipinski definition) is 18. The topological polar surface area (TPSA) is 678 Å².